The van der Waals surface area contributed by atoms with Gasteiger partial charge in [0.05, 0.1) is 5.69 Å². The Balaban J connectivity index is 2.41. The van der Waals surface area contributed by atoms with Gasteiger partial charge >= 0.3 is 0 Å². The summed E-state index contributed by atoms with van der Waals surface area (Å²) < 4.78 is 27.9. The van der Waals surface area contributed by atoms with Crippen molar-refractivity contribution in [3.63, 3.8) is 0 Å². The van der Waals surface area contributed by atoms with E-state index in [9.17, 15) is 8.42 Å². The van der Waals surface area contributed by atoms with Crippen molar-refractivity contribution in [2.75, 3.05) is 4.72 Å². The van der Waals surface area contributed by atoms with E-state index in [1.54, 1.807) is 13.0 Å². The smallest absolute Gasteiger partial charge is 0.281 e. The van der Waals surface area contributed by atoms with Crippen molar-refractivity contribution in [2.45, 2.75) is 25.4 Å². The zero-order chi connectivity index (χ0) is 14.9. The van der Waals surface area contributed by atoms with E-state index in [4.69, 9.17) is 5.73 Å². The first kappa shape index (κ1) is 15.0. The maximum absolute atomic E-state index is 12.4. The number of aromatic amines is 1. The summed E-state index contributed by atoms with van der Waals surface area (Å²) >= 11 is 3.33. The topological polar surface area (TPSA) is 101 Å². The highest BCUT2D eigenvalue weighted by Gasteiger charge is 2.23. The van der Waals surface area contributed by atoms with E-state index in [0.29, 0.717) is 21.4 Å². The number of anilines is 1. The second-order valence-electron chi connectivity index (χ2n) is 4.43. The Morgan fingerprint density at radius 2 is 2.10 bits per heavy atom. The third-order valence-electron chi connectivity index (χ3n) is 2.86. The van der Waals surface area contributed by atoms with Gasteiger partial charge in [0, 0.05) is 22.3 Å². The molecular weight excluding hydrogens is 344 g/mol. The van der Waals surface area contributed by atoms with Crippen molar-refractivity contribution in [2.24, 2.45) is 5.73 Å². The van der Waals surface area contributed by atoms with E-state index < -0.39 is 10.0 Å². The number of aromatic nitrogens is 2. The molecule has 0 spiro atoms. The predicted molar refractivity (Wildman–Crippen MR) is 80.9 cm³/mol. The Labute approximate surface area is 125 Å². The number of hydrogen-bond acceptors (Lipinski definition) is 4. The number of nitrogens with zero attached hydrogens (tertiary/aromatic N) is 1. The van der Waals surface area contributed by atoms with Crippen molar-refractivity contribution < 1.29 is 8.42 Å². The first-order valence-corrected chi connectivity index (χ1v) is 8.15. The largest absolute Gasteiger partial charge is 0.326 e. The second kappa shape index (κ2) is 5.55. The van der Waals surface area contributed by atoms with Crippen molar-refractivity contribution in [3.8, 4) is 0 Å². The molecule has 6 nitrogen and oxygen atoms in total. The number of aryl methyl sites for hydroxylation is 2. The number of halogens is 1. The van der Waals surface area contributed by atoms with Crippen LogP contribution < -0.4 is 10.5 Å². The Bertz CT molecular complexity index is 740. The van der Waals surface area contributed by atoms with Crippen LogP contribution in [0.15, 0.2) is 27.7 Å². The molecule has 20 heavy (non-hydrogen) atoms. The summed E-state index contributed by atoms with van der Waals surface area (Å²) in [6, 6.07) is 5.35. The van der Waals surface area contributed by atoms with Gasteiger partial charge in [-0.1, -0.05) is 6.07 Å². The number of rotatable bonds is 4. The monoisotopic (exact) mass is 358 g/mol. The number of sulfonamides is 1. The van der Waals surface area contributed by atoms with Gasteiger partial charge in [0.1, 0.15) is 0 Å². The van der Waals surface area contributed by atoms with Crippen LogP contribution in [0, 0.1) is 13.8 Å². The van der Waals surface area contributed by atoms with E-state index in [0.717, 1.165) is 5.56 Å². The lowest BCUT2D eigenvalue weighted by Gasteiger charge is -2.09. The molecular formula is C12H15BrN4O2S. The van der Waals surface area contributed by atoms with Crippen molar-refractivity contribution in [1.29, 1.82) is 0 Å². The van der Waals surface area contributed by atoms with Crippen LogP contribution in [0.25, 0.3) is 0 Å². The SMILES string of the molecule is Cc1ccc(NS(=O)(=O)c2n[nH]c(C)c2CN)c(Br)c1. The van der Waals surface area contributed by atoms with Gasteiger partial charge in [-0.05, 0) is 47.5 Å². The Morgan fingerprint density at radius 3 is 2.70 bits per heavy atom. The summed E-state index contributed by atoms with van der Waals surface area (Å²) in [7, 11) is -3.77. The molecule has 4 N–H and O–H groups in total. The fraction of sp³-hybridized carbons (Fsp3) is 0.250. The van der Waals surface area contributed by atoms with Crippen LogP contribution in [-0.2, 0) is 16.6 Å². The van der Waals surface area contributed by atoms with Crippen LogP contribution in [0.5, 0.6) is 0 Å². The lowest BCUT2D eigenvalue weighted by Crippen LogP contribution is -2.16. The van der Waals surface area contributed by atoms with Gasteiger partial charge in [-0.15, -0.1) is 0 Å². The van der Waals surface area contributed by atoms with Crippen molar-refractivity contribution in [3.05, 3.63) is 39.5 Å². The fourth-order valence-electron chi connectivity index (χ4n) is 1.79. The molecule has 0 saturated carbocycles. The average Bonchev–Trinajstić information content (AvgIpc) is 2.74. The maximum Gasteiger partial charge on any atom is 0.281 e. The van der Waals surface area contributed by atoms with E-state index in [-0.39, 0.29) is 11.6 Å². The molecule has 1 aromatic carbocycles. The van der Waals surface area contributed by atoms with Crippen molar-refractivity contribution in [1.82, 2.24) is 10.2 Å². The van der Waals surface area contributed by atoms with Gasteiger partial charge in [0.25, 0.3) is 10.0 Å². The van der Waals surface area contributed by atoms with Crippen LogP contribution in [0.2, 0.25) is 0 Å². The summed E-state index contributed by atoms with van der Waals surface area (Å²) in [6.45, 7) is 3.76. The van der Waals surface area contributed by atoms with Crippen molar-refractivity contribution >= 4 is 31.6 Å². The third-order valence-corrected chi connectivity index (χ3v) is 4.86. The van der Waals surface area contributed by atoms with Crippen LogP contribution in [0.4, 0.5) is 5.69 Å². The molecule has 0 fully saturated rings. The molecule has 0 atom stereocenters. The molecule has 108 valence electrons. The van der Waals surface area contributed by atoms with E-state index >= 15 is 0 Å². The van der Waals surface area contributed by atoms with E-state index in [1.165, 1.54) is 0 Å². The summed E-state index contributed by atoms with van der Waals surface area (Å²) in [5, 5.41) is 6.41. The Morgan fingerprint density at radius 1 is 1.40 bits per heavy atom. The van der Waals surface area contributed by atoms with Gasteiger partial charge in [0.15, 0.2) is 0 Å². The molecule has 8 heteroatoms. The number of nitrogens with two attached hydrogens (primary N) is 1. The minimum Gasteiger partial charge on any atom is -0.326 e. The van der Waals surface area contributed by atoms with Gasteiger partial charge in [-0.25, -0.2) is 0 Å². The van der Waals surface area contributed by atoms with Crippen LogP contribution in [0.3, 0.4) is 0 Å². The molecule has 0 amide bonds. The Kier molecular flexibility index (Phi) is 4.17. The van der Waals surface area contributed by atoms with Crippen LogP contribution in [0.1, 0.15) is 16.8 Å². The minimum absolute atomic E-state index is 0.0648. The molecule has 0 aliphatic rings. The molecule has 0 bridgehead atoms. The molecule has 0 aliphatic heterocycles. The second-order valence-corrected chi connectivity index (χ2v) is 6.88. The predicted octanol–water partition coefficient (Wildman–Crippen LogP) is 2.05. The highest BCUT2D eigenvalue weighted by Crippen LogP contribution is 2.26. The molecule has 0 saturated heterocycles. The normalized spacial score (nSPS) is 11.6. The standard InChI is InChI=1S/C12H15BrN4O2S/c1-7-3-4-11(10(13)5-7)17-20(18,19)12-9(6-14)8(2)15-16-12/h3-5,17H,6,14H2,1-2H3,(H,15,16). The fourth-order valence-corrected chi connectivity index (χ4v) is 3.80. The van der Waals surface area contributed by atoms with E-state index in [2.05, 4.69) is 30.8 Å². The summed E-state index contributed by atoms with van der Waals surface area (Å²) in [6.07, 6.45) is 0. The summed E-state index contributed by atoms with van der Waals surface area (Å²) in [5.74, 6) is 0. The lowest BCUT2D eigenvalue weighted by atomic mass is 10.2. The van der Waals surface area contributed by atoms with Gasteiger partial charge in [-0.2, -0.15) is 13.5 Å². The average molecular weight is 359 g/mol. The number of nitrogens with one attached hydrogen (secondary N) is 2. The number of H-pyrrole nitrogens is 1. The minimum atomic E-state index is -3.77. The van der Waals surface area contributed by atoms with Crippen LogP contribution in [-0.4, -0.2) is 18.6 Å². The van der Waals surface area contributed by atoms with Gasteiger partial charge < -0.3 is 5.73 Å². The quantitative estimate of drug-likeness (QED) is 0.778. The van der Waals surface area contributed by atoms with Gasteiger partial charge in [0.2, 0.25) is 5.03 Å². The molecule has 2 aromatic rings. The molecule has 1 aromatic heterocycles. The zero-order valence-corrected chi connectivity index (χ0v) is 13.5. The highest BCUT2D eigenvalue weighted by atomic mass is 79.9. The summed E-state index contributed by atoms with van der Waals surface area (Å²) in [4.78, 5) is 0. The van der Waals surface area contributed by atoms with E-state index in [1.807, 2.05) is 19.1 Å². The summed E-state index contributed by atoms with van der Waals surface area (Å²) in [5.41, 5.74) is 8.19. The molecule has 0 aliphatic carbocycles. The van der Waals surface area contributed by atoms with Gasteiger partial charge in [-0.3, -0.25) is 9.82 Å². The zero-order valence-electron chi connectivity index (χ0n) is 11.1. The first-order valence-electron chi connectivity index (χ1n) is 5.88. The number of benzene rings is 1. The van der Waals surface area contributed by atoms with Crippen LogP contribution >= 0.6 is 15.9 Å². The lowest BCUT2D eigenvalue weighted by molar-refractivity contribution is 0.596. The first-order chi connectivity index (χ1) is 9.35. The Hall–Kier alpha value is -1.38. The highest BCUT2D eigenvalue weighted by molar-refractivity contribution is 9.10. The third kappa shape index (κ3) is 2.87. The molecule has 2 rings (SSSR count). The number of hydrogen-bond donors (Lipinski definition) is 3. The molecule has 0 unspecified atom stereocenters. The molecule has 1 heterocycles. The maximum atomic E-state index is 12.4. The molecule has 0 radical (unpaired) electrons.